The summed E-state index contributed by atoms with van der Waals surface area (Å²) < 4.78 is 40.5. The first-order valence-corrected chi connectivity index (χ1v) is 7.60. The van der Waals surface area contributed by atoms with E-state index in [1.165, 1.54) is 0 Å². The molecule has 0 saturated heterocycles. The Morgan fingerprint density at radius 1 is 1.27 bits per heavy atom. The number of rotatable bonds is 4. The van der Waals surface area contributed by atoms with E-state index in [1.54, 1.807) is 0 Å². The van der Waals surface area contributed by atoms with Crippen molar-refractivity contribution in [2.24, 2.45) is 5.41 Å². The quantitative estimate of drug-likeness (QED) is 0.920. The Hall–Kier alpha value is -1.53. The molecule has 7 heteroatoms. The van der Waals surface area contributed by atoms with Gasteiger partial charge in [0.2, 0.25) is 11.9 Å². The van der Waals surface area contributed by atoms with Crippen LogP contribution >= 0.6 is 0 Å². The van der Waals surface area contributed by atoms with E-state index in [0.29, 0.717) is 12.5 Å². The number of carbonyl (C=O) groups excluding carboxylic acids is 1. The molecule has 22 heavy (non-hydrogen) atoms. The molecule has 1 heterocycles. The van der Waals surface area contributed by atoms with E-state index in [0.717, 1.165) is 50.9 Å². The summed E-state index contributed by atoms with van der Waals surface area (Å²) in [7, 11) is 0. The Balaban J connectivity index is 2.14. The lowest BCUT2D eigenvalue weighted by Gasteiger charge is -2.26. The molecule has 0 aromatic carbocycles. The van der Waals surface area contributed by atoms with Crippen molar-refractivity contribution in [3.8, 4) is 0 Å². The molecule has 0 unspecified atom stereocenters. The largest absolute Gasteiger partial charge is 0.394 e. The minimum absolute atomic E-state index is 0.373. The number of anilines is 1. The van der Waals surface area contributed by atoms with Crippen molar-refractivity contribution in [1.29, 1.82) is 0 Å². The molecule has 1 amide bonds. The van der Waals surface area contributed by atoms with Crippen LogP contribution in [0.5, 0.6) is 0 Å². The number of hydrogen-bond acceptors (Lipinski definition) is 2. The third-order valence-electron chi connectivity index (χ3n) is 4.17. The van der Waals surface area contributed by atoms with Gasteiger partial charge in [0.1, 0.15) is 0 Å². The number of amides is 1. The standard InChI is InChI=1S/C15H22F3N3O/c1-4-21-11-8-6-5-7-10(11)19-13(21)20-12(22)9-14(2,3)15(16,17)18/h4-9H2,1-3H3,(H,19,20,22). The van der Waals surface area contributed by atoms with Crippen LogP contribution in [0.15, 0.2) is 0 Å². The van der Waals surface area contributed by atoms with E-state index < -0.39 is 23.9 Å². The van der Waals surface area contributed by atoms with Crippen molar-refractivity contribution in [3.63, 3.8) is 0 Å². The van der Waals surface area contributed by atoms with Gasteiger partial charge in [0.25, 0.3) is 0 Å². The highest BCUT2D eigenvalue weighted by molar-refractivity contribution is 5.89. The molecule has 4 nitrogen and oxygen atoms in total. The van der Waals surface area contributed by atoms with Crippen molar-refractivity contribution in [2.75, 3.05) is 5.32 Å². The molecule has 1 N–H and O–H groups in total. The maximum absolute atomic E-state index is 12.9. The van der Waals surface area contributed by atoms with Crippen molar-refractivity contribution in [3.05, 3.63) is 11.4 Å². The lowest BCUT2D eigenvalue weighted by Crippen LogP contribution is -2.36. The summed E-state index contributed by atoms with van der Waals surface area (Å²) >= 11 is 0. The highest BCUT2D eigenvalue weighted by Gasteiger charge is 2.48. The first-order valence-electron chi connectivity index (χ1n) is 7.60. The summed E-state index contributed by atoms with van der Waals surface area (Å²) in [4.78, 5) is 16.4. The van der Waals surface area contributed by atoms with Gasteiger partial charge in [-0.2, -0.15) is 13.2 Å². The van der Waals surface area contributed by atoms with E-state index >= 15 is 0 Å². The van der Waals surface area contributed by atoms with Crippen LogP contribution in [0.1, 0.15) is 51.4 Å². The smallest absolute Gasteiger partial charge is 0.314 e. The average molecular weight is 317 g/mol. The zero-order valence-electron chi connectivity index (χ0n) is 13.2. The average Bonchev–Trinajstić information content (AvgIpc) is 2.73. The fourth-order valence-electron chi connectivity index (χ4n) is 2.71. The van der Waals surface area contributed by atoms with Crippen molar-refractivity contribution < 1.29 is 18.0 Å². The van der Waals surface area contributed by atoms with Crippen LogP contribution in [0.4, 0.5) is 19.1 Å². The zero-order valence-corrected chi connectivity index (χ0v) is 13.2. The SMILES string of the molecule is CCn1c(NC(=O)CC(C)(C)C(F)(F)F)nc2c1CCCC2. The van der Waals surface area contributed by atoms with Gasteiger partial charge in [0.15, 0.2) is 0 Å². The molecule has 1 aromatic rings. The van der Waals surface area contributed by atoms with Gasteiger partial charge in [-0.05, 0) is 32.6 Å². The summed E-state index contributed by atoms with van der Waals surface area (Å²) in [6, 6.07) is 0. The van der Waals surface area contributed by atoms with Gasteiger partial charge in [-0.3, -0.25) is 10.1 Å². The van der Waals surface area contributed by atoms with Crippen molar-refractivity contribution >= 4 is 11.9 Å². The van der Waals surface area contributed by atoms with E-state index in [9.17, 15) is 18.0 Å². The summed E-state index contributed by atoms with van der Waals surface area (Å²) in [6.07, 6.45) is -1.13. The van der Waals surface area contributed by atoms with Crippen LogP contribution in [0, 0.1) is 5.41 Å². The van der Waals surface area contributed by atoms with Gasteiger partial charge < -0.3 is 4.57 Å². The molecule has 1 aliphatic carbocycles. The maximum atomic E-state index is 12.9. The Bertz CT molecular complexity index is 561. The molecule has 0 aliphatic heterocycles. The summed E-state index contributed by atoms with van der Waals surface area (Å²) in [5.74, 6) is -0.281. The van der Waals surface area contributed by atoms with E-state index in [2.05, 4.69) is 10.3 Å². The Morgan fingerprint density at radius 3 is 2.50 bits per heavy atom. The maximum Gasteiger partial charge on any atom is 0.394 e. The second-order valence-electron chi connectivity index (χ2n) is 6.39. The minimum Gasteiger partial charge on any atom is -0.314 e. The third kappa shape index (κ3) is 3.28. The minimum atomic E-state index is -4.41. The summed E-state index contributed by atoms with van der Waals surface area (Å²) in [5.41, 5.74) is -0.00187. The number of aromatic nitrogens is 2. The number of carbonyl (C=O) groups is 1. The van der Waals surface area contributed by atoms with Crippen molar-refractivity contribution in [1.82, 2.24) is 9.55 Å². The van der Waals surface area contributed by atoms with Crippen LogP contribution in [0.3, 0.4) is 0 Å². The molecule has 0 bridgehead atoms. The fourth-order valence-corrected chi connectivity index (χ4v) is 2.71. The van der Waals surface area contributed by atoms with Gasteiger partial charge in [-0.25, -0.2) is 4.98 Å². The molecular weight excluding hydrogens is 295 g/mol. The first kappa shape index (κ1) is 16.8. The number of fused-ring (bicyclic) bond motifs is 1. The molecule has 0 spiro atoms. The first-order chi connectivity index (χ1) is 10.2. The van der Waals surface area contributed by atoms with Gasteiger partial charge in [0.05, 0.1) is 11.1 Å². The number of aryl methyl sites for hydroxylation is 1. The van der Waals surface area contributed by atoms with E-state index in [1.807, 2.05) is 11.5 Å². The molecule has 0 saturated carbocycles. The Kier molecular flexibility index (Phi) is 4.54. The number of imidazole rings is 1. The number of halogens is 3. The number of nitrogens with one attached hydrogen (secondary N) is 1. The fraction of sp³-hybridized carbons (Fsp3) is 0.733. The molecular formula is C15H22F3N3O. The normalized spacial score (nSPS) is 15.5. The number of nitrogens with zero attached hydrogens (tertiary/aromatic N) is 2. The molecule has 124 valence electrons. The van der Waals surface area contributed by atoms with Crippen LogP contribution in [0.25, 0.3) is 0 Å². The van der Waals surface area contributed by atoms with Gasteiger partial charge in [-0.15, -0.1) is 0 Å². The van der Waals surface area contributed by atoms with Crippen LogP contribution in [-0.4, -0.2) is 21.6 Å². The molecule has 0 radical (unpaired) electrons. The predicted octanol–water partition coefficient (Wildman–Crippen LogP) is 3.70. The van der Waals surface area contributed by atoms with E-state index in [4.69, 9.17) is 0 Å². The number of alkyl halides is 3. The monoisotopic (exact) mass is 317 g/mol. The Morgan fingerprint density at radius 2 is 1.91 bits per heavy atom. The summed E-state index contributed by atoms with van der Waals surface area (Å²) in [5, 5.41) is 2.56. The second kappa shape index (κ2) is 5.93. The highest BCUT2D eigenvalue weighted by atomic mass is 19.4. The summed E-state index contributed by atoms with van der Waals surface area (Å²) in [6.45, 7) is 4.64. The van der Waals surface area contributed by atoms with Gasteiger partial charge in [0, 0.05) is 18.7 Å². The van der Waals surface area contributed by atoms with Crippen LogP contribution < -0.4 is 5.32 Å². The van der Waals surface area contributed by atoms with Gasteiger partial charge >= 0.3 is 6.18 Å². The molecule has 1 aliphatic rings. The molecule has 0 atom stereocenters. The topological polar surface area (TPSA) is 46.9 Å². The van der Waals surface area contributed by atoms with Crippen LogP contribution in [0.2, 0.25) is 0 Å². The molecule has 2 rings (SSSR count). The lowest BCUT2D eigenvalue weighted by molar-refractivity contribution is -0.213. The predicted molar refractivity (Wildman–Crippen MR) is 77.6 cm³/mol. The second-order valence-corrected chi connectivity index (χ2v) is 6.39. The zero-order chi connectivity index (χ0) is 16.5. The lowest BCUT2D eigenvalue weighted by atomic mass is 9.88. The highest BCUT2D eigenvalue weighted by Crippen LogP contribution is 2.40. The molecule has 1 aromatic heterocycles. The van der Waals surface area contributed by atoms with Crippen molar-refractivity contribution in [2.45, 2.75) is 65.6 Å². The third-order valence-corrected chi connectivity index (χ3v) is 4.17. The van der Waals surface area contributed by atoms with E-state index in [-0.39, 0.29) is 0 Å². The molecule has 0 fully saturated rings. The number of hydrogen-bond donors (Lipinski definition) is 1. The Labute approximate surface area is 128 Å². The van der Waals surface area contributed by atoms with Crippen LogP contribution in [-0.2, 0) is 24.2 Å². The van der Waals surface area contributed by atoms with Gasteiger partial charge in [-0.1, -0.05) is 13.8 Å².